The monoisotopic (exact) mass is 1140 g/mol. The van der Waals surface area contributed by atoms with E-state index in [0.717, 1.165) is 165 Å². The summed E-state index contributed by atoms with van der Waals surface area (Å²) in [5, 5.41) is 13.2. The molecular weight excluding hydrogens is 1030 g/mol. The lowest BCUT2D eigenvalue weighted by atomic mass is 10.1. The van der Waals surface area contributed by atoms with Crippen molar-refractivity contribution in [3.8, 4) is 0 Å². The number of unbranched alkanes of at least 4 members (excludes halogenated alkanes) is 14. The highest BCUT2D eigenvalue weighted by Crippen LogP contribution is 2.25. The van der Waals surface area contributed by atoms with E-state index in [1.165, 1.54) is 73.6 Å². The smallest absolute Gasteiger partial charge is 0.307 e. The van der Waals surface area contributed by atoms with Crippen molar-refractivity contribution >= 4 is 61.0 Å². The molecule has 1 atom stereocenters. The van der Waals surface area contributed by atoms with Gasteiger partial charge in [-0.05, 0) is 132 Å². The minimum absolute atomic E-state index is 0.124. The number of ether oxygens (including phenoxy) is 2. The Labute approximate surface area is 487 Å². The zero-order chi connectivity index (χ0) is 55.5. The van der Waals surface area contributed by atoms with Crippen LogP contribution in [-0.2, 0) is 49.5 Å². The van der Waals surface area contributed by atoms with Crippen molar-refractivity contribution < 1.29 is 29.0 Å². The molecule has 0 saturated heterocycles. The number of aliphatic hydroxyl groups excluding tert-OH is 1. The summed E-state index contributed by atoms with van der Waals surface area (Å²) in [6, 6.07) is 18.2. The molecule has 0 heterocycles. The molecule has 0 spiro atoms. The first-order chi connectivity index (χ1) is 37.7. The van der Waals surface area contributed by atoms with Gasteiger partial charge in [0.2, 0.25) is 5.91 Å². The zero-order valence-electron chi connectivity index (χ0n) is 49.1. The van der Waals surface area contributed by atoms with E-state index < -0.39 is 0 Å². The van der Waals surface area contributed by atoms with Crippen LogP contribution in [0.15, 0.2) is 60.7 Å². The highest BCUT2D eigenvalue weighted by molar-refractivity contribution is 8.77. The molecular formula is C64H109N3O6S4. The lowest BCUT2D eigenvalue weighted by Gasteiger charge is -2.23. The van der Waals surface area contributed by atoms with Crippen molar-refractivity contribution in [1.29, 1.82) is 0 Å². The SMILES string of the molecule is CCCCCC[C@@H](O)C/C=C/CCCCCCCC(=O)NCCN(C)CCCN(CCC(=O)OCCCCCCSSCCc1ccc(CCC)cc1)CCC(=O)OCCCCCCSSCCc1ccc(CCC)cc1. The third-order valence-electron chi connectivity index (χ3n) is 13.8. The normalized spacial score (nSPS) is 12.0. The highest BCUT2D eigenvalue weighted by Gasteiger charge is 2.14. The molecule has 0 fully saturated rings. The molecule has 440 valence electrons. The van der Waals surface area contributed by atoms with Gasteiger partial charge in [-0.25, -0.2) is 0 Å². The van der Waals surface area contributed by atoms with Gasteiger partial charge in [0, 0.05) is 55.6 Å². The summed E-state index contributed by atoms with van der Waals surface area (Å²) in [4.78, 5) is 42.6. The zero-order valence-corrected chi connectivity index (χ0v) is 52.3. The number of allylic oxidation sites excluding steroid dienone is 1. The van der Waals surface area contributed by atoms with Crippen molar-refractivity contribution in [3.63, 3.8) is 0 Å². The number of aliphatic hydroxyl groups is 1. The molecule has 13 heteroatoms. The summed E-state index contributed by atoms with van der Waals surface area (Å²) >= 11 is 0. The Morgan fingerprint density at radius 1 is 0.506 bits per heavy atom. The van der Waals surface area contributed by atoms with E-state index in [-0.39, 0.29) is 23.9 Å². The molecule has 0 radical (unpaired) electrons. The number of esters is 2. The lowest BCUT2D eigenvalue weighted by Crippen LogP contribution is -2.35. The number of likely N-dealkylation sites (N-methyl/N-ethyl adjacent to an activating group) is 1. The molecule has 2 N–H and O–H groups in total. The average molecular weight is 1140 g/mol. The molecule has 77 heavy (non-hydrogen) atoms. The molecule has 1 amide bonds. The third kappa shape index (κ3) is 44.2. The second kappa shape index (κ2) is 52.0. The maximum Gasteiger partial charge on any atom is 0.307 e. The van der Waals surface area contributed by atoms with Crippen LogP contribution in [-0.4, -0.2) is 121 Å². The Kier molecular flexibility index (Phi) is 47.9. The van der Waals surface area contributed by atoms with E-state index in [4.69, 9.17) is 9.47 Å². The molecule has 2 rings (SSSR count). The number of rotatable bonds is 54. The second-order valence-corrected chi connectivity index (χ2v) is 26.5. The van der Waals surface area contributed by atoms with Crippen molar-refractivity contribution in [1.82, 2.24) is 15.1 Å². The Hall–Kier alpha value is -2.13. The number of nitrogens with one attached hydrogen (secondary N) is 1. The van der Waals surface area contributed by atoms with Crippen LogP contribution in [0.1, 0.15) is 210 Å². The highest BCUT2D eigenvalue weighted by atomic mass is 33.1. The van der Waals surface area contributed by atoms with Gasteiger partial charge in [0.05, 0.1) is 32.2 Å². The summed E-state index contributed by atoms with van der Waals surface area (Å²) in [5.41, 5.74) is 5.71. The molecule has 0 aliphatic carbocycles. The van der Waals surface area contributed by atoms with Gasteiger partial charge in [0.1, 0.15) is 0 Å². The van der Waals surface area contributed by atoms with Crippen LogP contribution in [0.5, 0.6) is 0 Å². The number of hydrogen-bond donors (Lipinski definition) is 2. The van der Waals surface area contributed by atoms with E-state index >= 15 is 0 Å². The van der Waals surface area contributed by atoms with E-state index in [1.807, 2.05) is 43.2 Å². The van der Waals surface area contributed by atoms with Crippen molar-refractivity contribution in [2.24, 2.45) is 0 Å². The molecule has 9 nitrogen and oxygen atoms in total. The summed E-state index contributed by atoms with van der Waals surface area (Å²) in [6.07, 6.45) is 34.7. The summed E-state index contributed by atoms with van der Waals surface area (Å²) in [7, 11) is 9.96. The fourth-order valence-electron chi connectivity index (χ4n) is 8.99. The molecule has 0 unspecified atom stereocenters. The molecule has 0 aliphatic heterocycles. The predicted octanol–water partition coefficient (Wildman–Crippen LogP) is 15.9. The molecule has 0 aliphatic rings. The Bertz CT molecular complexity index is 1630. The van der Waals surface area contributed by atoms with Gasteiger partial charge in [0.15, 0.2) is 0 Å². The lowest BCUT2D eigenvalue weighted by molar-refractivity contribution is -0.144. The first-order valence-corrected chi connectivity index (χ1v) is 35.7. The Balaban J connectivity index is 1.59. The standard InChI is InChI=1S/C64H109N3O6S4/c1-5-8-9-20-30-61(68)31-21-14-12-10-11-13-15-22-32-62(69)65-45-50-66(4)46-27-47-67(48-41-63(70)72-51-23-16-18-25-53-74-76-55-43-59-37-33-57(28-6-2)34-38-59)49-42-64(71)73-52-24-17-19-26-54-75-77-56-44-60-39-35-58(29-7-3)36-40-60/h14,21,33-40,61,68H,5-13,15-20,22-32,41-56H2,1-4H3,(H,65,69)/b21-14+/t61-/m1/s1. The van der Waals surface area contributed by atoms with Gasteiger partial charge in [-0.3, -0.25) is 14.4 Å². The molecule has 0 aromatic heterocycles. The topological polar surface area (TPSA) is 108 Å². The van der Waals surface area contributed by atoms with Crippen molar-refractivity contribution in [2.75, 3.05) is 82.5 Å². The maximum absolute atomic E-state index is 12.8. The van der Waals surface area contributed by atoms with Gasteiger partial charge in [0.25, 0.3) is 0 Å². The average Bonchev–Trinajstić information content (AvgIpc) is 3.42. The number of hydrogen-bond acceptors (Lipinski definition) is 12. The molecule has 2 aromatic carbocycles. The quantitative estimate of drug-likeness (QED) is 0.0285. The fourth-order valence-corrected chi connectivity index (χ4v) is 13.4. The van der Waals surface area contributed by atoms with Crippen molar-refractivity contribution in [3.05, 3.63) is 82.9 Å². The van der Waals surface area contributed by atoms with Crippen LogP contribution in [0.4, 0.5) is 0 Å². The second-order valence-electron chi connectivity index (χ2n) is 21.1. The van der Waals surface area contributed by atoms with Crippen LogP contribution in [0, 0.1) is 0 Å². The number of benzene rings is 2. The molecule has 0 bridgehead atoms. The van der Waals surface area contributed by atoms with Crippen LogP contribution in [0.25, 0.3) is 0 Å². The van der Waals surface area contributed by atoms with Crippen LogP contribution < -0.4 is 5.32 Å². The number of aryl methyl sites for hydroxylation is 4. The third-order valence-corrected chi connectivity index (χ3v) is 18.8. The van der Waals surface area contributed by atoms with E-state index in [9.17, 15) is 19.5 Å². The largest absolute Gasteiger partial charge is 0.466 e. The fraction of sp³-hybridized carbons (Fsp3) is 0.734. The first kappa shape index (κ1) is 71.0. The Morgan fingerprint density at radius 3 is 1.53 bits per heavy atom. The van der Waals surface area contributed by atoms with E-state index in [0.29, 0.717) is 52.1 Å². The van der Waals surface area contributed by atoms with Gasteiger partial charge < -0.3 is 29.7 Å². The maximum atomic E-state index is 12.8. The summed E-state index contributed by atoms with van der Waals surface area (Å²) < 4.78 is 11.3. The van der Waals surface area contributed by atoms with Gasteiger partial charge in [-0.15, -0.1) is 0 Å². The van der Waals surface area contributed by atoms with Gasteiger partial charge in [-0.2, -0.15) is 0 Å². The van der Waals surface area contributed by atoms with Crippen LogP contribution >= 0.6 is 43.2 Å². The summed E-state index contributed by atoms with van der Waals surface area (Å²) in [5.74, 6) is 4.35. The van der Waals surface area contributed by atoms with E-state index in [1.54, 1.807) is 0 Å². The minimum atomic E-state index is -0.203. The first-order valence-electron chi connectivity index (χ1n) is 30.7. The van der Waals surface area contributed by atoms with Crippen molar-refractivity contribution in [2.45, 2.75) is 219 Å². The minimum Gasteiger partial charge on any atom is -0.466 e. The number of amides is 1. The summed E-state index contributed by atoms with van der Waals surface area (Å²) in [6.45, 7) is 11.7. The molecule has 2 aromatic rings. The van der Waals surface area contributed by atoms with Crippen LogP contribution in [0.2, 0.25) is 0 Å². The van der Waals surface area contributed by atoms with Gasteiger partial charge >= 0.3 is 11.9 Å². The Morgan fingerprint density at radius 2 is 0.987 bits per heavy atom. The van der Waals surface area contributed by atoms with E-state index in [2.05, 4.69) is 104 Å². The molecule has 0 saturated carbocycles. The number of nitrogens with zero attached hydrogens (tertiary/aromatic N) is 2. The van der Waals surface area contributed by atoms with Crippen LogP contribution in [0.3, 0.4) is 0 Å². The predicted molar refractivity (Wildman–Crippen MR) is 339 cm³/mol. The number of carbonyl (C=O) groups is 3. The van der Waals surface area contributed by atoms with Gasteiger partial charge in [-0.1, -0.05) is 208 Å². The number of carbonyl (C=O) groups excluding carboxylic acids is 3.